The second-order valence-corrected chi connectivity index (χ2v) is 6.83. The first-order chi connectivity index (χ1) is 11.7. The van der Waals surface area contributed by atoms with Gasteiger partial charge in [-0.25, -0.2) is 0 Å². The summed E-state index contributed by atoms with van der Waals surface area (Å²) in [5.74, 6) is 1.05. The van der Waals surface area contributed by atoms with Gasteiger partial charge in [0.2, 0.25) is 0 Å². The van der Waals surface area contributed by atoms with Crippen LogP contribution >= 0.6 is 0 Å². The van der Waals surface area contributed by atoms with Gasteiger partial charge in [-0.1, -0.05) is 18.2 Å². The molecule has 0 aliphatic carbocycles. The molecule has 5 nitrogen and oxygen atoms in total. The molecule has 1 aromatic heterocycles. The number of ether oxygens (including phenoxy) is 1. The molecular formula is C19H22N2O3. The maximum atomic E-state index is 12.5. The summed E-state index contributed by atoms with van der Waals surface area (Å²) >= 11 is 0. The van der Waals surface area contributed by atoms with E-state index in [4.69, 9.17) is 9.15 Å². The third kappa shape index (κ3) is 2.80. The third-order valence-electron chi connectivity index (χ3n) is 5.15. The molecule has 1 aromatic carbocycles. The topological polar surface area (TPSA) is 54.7 Å². The highest BCUT2D eigenvalue weighted by Crippen LogP contribution is 2.44. The Morgan fingerprint density at radius 1 is 1.21 bits per heavy atom. The van der Waals surface area contributed by atoms with E-state index in [1.807, 2.05) is 24.3 Å². The van der Waals surface area contributed by atoms with Crippen molar-refractivity contribution in [2.24, 2.45) is 0 Å². The maximum Gasteiger partial charge on any atom is 0.287 e. The lowest BCUT2D eigenvalue weighted by Crippen LogP contribution is -2.51. The summed E-state index contributed by atoms with van der Waals surface area (Å²) in [5.41, 5.74) is 0.851. The number of hydrogen-bond donors (Lipinski definition) is 1. The number of fused-ring (bicyclic) bond motifs is 1. The van der Waals surface area contributed by atoms with E-state index in [0.717, 1.165) is 43.7 Å². The number of likely N-dealkylation sites (tertiary alicyclic amines) is 1. The maximum absolute atomic E-state index is 12.5. The molecular weight excluding hydrogens is 304 g/mol. The average molecular weight is 326 g/mol. The predicted octanol–water partition coefficient (Wildman–Crippen LogP) is 3.00. The van der Waals surface area contributed by atoms with Gasteiger partial charge in [0.25, 0.3) is 5.91 Å². The van der Waals surface area contributed by atoms with Crippen molar-refractivity contribution in [3.8, 4) is 5.75 Å². The summed E-state index contributed by atoms with van der Waals surface area (Å²) in [6.07, 6.45) is 4.27. The van der Waals surface area contributed by atoms with Crippen molar-refractivity contribution in [2.45, 2.75) is 30.9 Å². The molecule has 0 saturated carbocycles. The van der Waals surface area contributed by atoms with Crippen molar-refractivity contribution in [3.05, 3.63) is 54.0 Å². The van der Waals surface area contributed by atoms with Crippen molar-refractivity contribution >= 4 is 5.91 Å². The first kappa shape index (κ1) is 15.3. The standard InChI is InChI=1S/C19H22N2O3/c1-21-10-8-19(9-11-21)13-15(14-5-2-3-6-16(14)24-19)20-18(22)17-7-4-12-23-17/h2-7,12,15H,8-11,13H2,1H3,(H,20,22). The molecule has 2 aromatic rings. The number of furan rings is 1. The number of carbonyl (C=O) groups excluding carboxylic acids is 1. The lowest BCUT2D eigenvalue weighted by Gasteiger charge is -2.46. The molecule has 1 amide bonds. The molecule has 2 aliphatic heterocycles. The number of hydrogen-bond acceptors (Lipinski definition) is 4. The van der Waals surface area contributed by atoms with Crippen LogP contribution in [0.4, 0.5) is 0 Å². The van der Waals surface area contributed by atoms with Crippen LogP contribution in [0.2, 0.25) is 0 Å². The van der Waals surface area contributed by atoms with Crippen LogP contribution in [0.3, 0.4) is 0 Å². The van der Waals surface area contributed by atoms with Crippen LogP contribution < -0.4 is 10.1 Å². The number of nitrogens with zero attached hydrogens (tertiary/aromatic N) is 1. The lowest BCUT2D eigenvalue weighted by molar-refractivity contribution is -0.0196. The van der Waals surface area contributed by atoms with Crippen LogP contribution in [0.5, 0.6) is 5.75 Å². The highest BCUT2D eigenvalue weighted by atomic mass is 16.5. The lowest BCUT2D eigenvalue weighted by atomic mass is 9.80. The van der Waals surface area contributed by atoms with Gasteiger partial charge >= 0.3 is 0 Å². The Morgan fingerprint density at radius 2 is 2.00 bits per heavy atom. The van der Waals surface area contributed by atoms with Crippen LogP contribution in [-0.2, 0) is 0 Å². The van der Waals surface area contributed by atoms with E-state index in [2.05, 4.69) is 17.3 Å². The minimum atomic E-state index is -0.192. The highest BCUT2D eigenvalue weighted by Gasteiger charge is 2.43. The van der Waals surface area contributed by atoms with Crippen molar-refractivity contribution in [1.29, 1.82) is 0 Å². The monoisotopic (exact) mass is 326 g/mol. The number of rotatable bonds is 2. The molecule has 0 bridgehead atoms. The molecule has 24 heavy (non-hydrogen) atoms. The zero-order valence-electron chi connectivity index (χ0n) is 13.8. The van der Waals surface area contributed by atoms with E-state index < -0.39 is 0 Å². The van der Waals surface area contributed by atoms with E-state index in [1.165, 1.54) is 6.26 Å². The van der Waals surface area contributed by atoms with Gasteiger partial charge in [0, 0.05) is 25.1 Å². The SMILES string of the molecule is CN1CCC2(CC1)CC(NC(=O)c1ccco1)c1ccccc1O2. The second-order valence-electron chi connectivity index (χ2n) is 6.83. The van der Waals surface area contributed by atoms with Gasteiger partial charge in [-0.3, -0.25) is 4.79 Å². The fourth-order valence-electron chi connectivity index (χ4n) is 3.72. The third-order valence-corrected chi connectivity index (χ3v) is 5.15. The fourth-order valence-corrected chi connectivity index (χ4v) is 3.72. The number of nitrogens with one attached hydrogen (secondary N) is 1. The summed E-state index contributed by atoms with van der Waals surface area (Å²) in [6, 6.07) is 11.4. The molecule has 0 radical (unpaired) electrons. The Balaban J connectivity index is 1.61. The second kappa shape index (κ2) is 5.98. The number of amides is 1. The molecule has 1 atom stereocenters. The molecule has 5 heteroatoms. The largest absolute Gasteiger partial charge is 0.487 e. The summed E-state index contributed by atoms with van der Waals surface area (Å²) in [6.45, 7) is 2.03. The normalized spacial score (nSPS) is 22.6. The van der Waals surface area contributed by atoms with Crippen LogP contribution in [0.15, 0.2) is 47.1 Å². The quantitative estimate of drug-likeness (QED) is 0.922. The summed E-state index contributed by atoms with van der Waals surface area (Å²) < 4.78 is 11.6. The van der Waals surface area contributed by atoms with E-state index in [9.17, 15) is 4.79 Å². The number of para-hydroxylation sites is 1. The van der Waals surface area contributed by atoms with Crippen molar-refractivity contribution in [3.63, 3.8) is 0 Å². The Bertz CT molecular complexity index is 718. The fraction of sp³-hybridized carbons (Fsp3) is 0.421. The van der Waals surface area contributed by atoms with E-state index in [1.54, 1.807) is 12.1 Å². The first-order valence-corrected chi connectivity index (χ1v) is 8.46. The van der Waals surface area contributed by atoms with Crippen molar-refractivity contribution < 1.29 is 13.9 Å². The van der Waals surface area contributed by atoms with Gasteiger partial charge in [-0.05, 0) is 38.1 Å². The Labute approximate surface area is 141 Å². The number of piperidine rings is 1. The van der Waals surface area contributed by atoms with Gasteiger partial charge < -0.3 is 19.4 Å². The van der Waals surface area contributed by atoms with E-state index >= 15 is 0 Å². The van der Waals surface area contributed by atoms with Crippen LogP contribution in [0, 0.1) is 0 Å². The van der Waals surface area contributed by atoms with Gasteiger partial charge in [-0.2, -0.15) is 0 Å². The zero-order chi connectivity index (χ0) is 16.6. The van der Waals surface area contributed by atoms with Gasteiger partial charge in [0.15, 0.2) is 5.76 Å². The first-order valence-electron chi connectivity index (χ1n) is 8.46. The summed E-state index contributed by atoms with van der Waals surface area (Å²) in [7, 11) is 2.14. The molecule has 4 rings (SSSR count). The number of carbonyl (C=O) groups is 1. The summed E-state index contributed by atoms with van der Waals surface area (Å²) in [4.78, 5) is 14.8. The Hall–Kier alpha value is -2.27. The molecule has 1 spiro atoms. The Kier molecular flexibility index (Phi) is 3.81. The molecule has 2 aliphatic rings. The minimum absolute atomic E-state index is 0.0593. The highest BCUT2D eigenvalue weighted by molar-refractivity contribution is 5.91. The molecule has 1 fully saturated rings. The van der Waals surface area contributed by atoms with Gasteiger partial charge in [0.1, 0.15) is 11.4 Å². The van der Waals surface area contributed by atoms with E-state index in [0.29, 0.717) is 5.76 Å². The van der Waals surface area contributed by atoms with Crippen LogP contribution in [0.25, 0.3) is 0 Å². The average Bonchev–Trinajstić information content (AvgIpc) is 3.13. The van der Waals surface area contributed by atoms with Gasteiger partial charge in [-0.15, -0.1) is 0 Å². The van der Waals surface area contributed by atoms with Crippen LogP contribution in [0.1, 0.15) is 41.4 Å². The molecule has 3 heterocycles. The zero-order valence-corrected chi connectivity index (χ0v) is 13.8. The number of benzene rings is 1. The summed E-state index contributed by atoms with van der Waals surface area (Å²) in [5, 5.41) is 3.13. The van der Waals surface area contributed by atoms with Gasteiger partial charge in [0.05, 0.1) is 12.3 Å². The Morgan fingerprint density at radius 3 is 2.75 bits per heavy atom. The predicted molar refractivity (Wildman–Crippen MR) is 90.1 cm³/mol. The smallest absolute Gasteiger partial charge is 0.287 e. The minimum Gasteiger partial charge on any atom is -0.487 e. The van der Waals surface area contributed by atoms with Crippen molar-refractivity contribution in [2.75, 3.05) is 20.1 Å². The molecule has 126 valence electrons. The molecule has 1 N–H and O–H groups in total. The molecule has 1 unspecified atom stereocenters. The van der Waals surface area contributed by atoms with E-state index in [-0.39, 0.29) is 17.6 Å². The van der Waals surface area contributed by atoms with Crippen LogP contribution in [-0.4, -0.2) is 36.5 Å². The molecule has 1 saturated heterocycles. The van der Waals surface area contributed by atoms with Crippen molar-refractivity contribution in [1.82, 2.24) is 10.2 Å².